The number of benzene rings is 1. The average Bonchev–Trinajstić information content (AvgIpc) is 3.31. The van der Waals surface area contributed by atoms with Gasteiger partial charge in [0.05, 0.1) is 6.20 Å². The first kappa shape index (κ1) is 17.7. The maximum atomic E-state index is 13.1. The largest absolute Gasteiger partial charge is 0.366 e. The number of hydrogen-bond donors (Lipinski definition) is 2. The fraction of sp³-hybridized carbons (Fsp3) is 0. The molecule has 28 heavy (non-hydrogen) atoms. The number of nitrogens with one attached hydrogen (secondary N) is 1. The van der Waals surface area contributed by atoms with E-state index in [2.05, 4.69) is 15.0 Å². The van der Waals surface area contributed by atoms with Gasteiger partial charge >= 0.3 is 0 Å². The Hall–Kier alpha value is -3.65. The van der Waals surface area contributed by atoms with Crippen molar-refractivity contribution in [2.24, 2.45) is 5.73 Å². The molecule has 0 saturated carbocycles. The van der Waals surface area contributed by atoms with Gasteiger partial charge in [-0.15, -0.1) is 0 Å². The van der Waals surface area contributed by atoms with Crippen molar-refractivity contribution in [3.05, 3.63) is 76.3 Å². The van der Waals surface area contributed by atoms with Crippen molar-refractivity contribution in [3.63, 3.8) is 0 Å². The fourth-order valence-corrected chi connectivity index (χ4v) is 3.39. The third-order valence-corrected chi connectivity index (χ3v) is 4.93. The summed E-state index contributed by atoms with van der Waals surface area (Å²) in [4.78, 5) is 34.5. The van der Waals surface area contributed by atoms with Crippen molar-refractivity contribution in [1.82, 2.24) is 15.0 Å². The maximum absolute atomic E-state index is 13.1. The molecule has 0 aliphatic carbocycles. The summed E-state index contributed by atoms with van der Waals surface area (Å²) >= 11 is 0.722. The Morgan fingerprint density at radius 3 is 2.57 bits per heavy atom. The Morgan fingerprint density at radius 1 is 1.11 bits per heavy atom. The van der Waals surface area contributed by atoms with Gasteiger partial charge < -0.3 is 10.7 Å². The van der Waals surface area contributed by atoms with Gasteiger partial charge in [0, 0.05) is 40.5 Å². The predicted molar refractivity (Wildman–Crippen MR) is 105 cm³/mol. The molecule has 0 unspecified atom stereocenters. The summed E-state index contributed by atoms with van der Waals surface area (Å²) in [6.45, 7) is 0. The van der Waals surface area contributed by atoms with Crippen LogP contribution in [0, 0.1) is 5.13 Å². The molecule has 4 rings (SSSR count). The van der Waals surface area contributed by atoms with E-state index in [1.807, 2.05) is 6.07 Å². The first-order valence-corrected chi connectivity index (χ1v) is 9.04. The van der Waals surface area contributed by atoms with Gasteiger partial charge in [0.25, 0.3) is 0 Å². The summed E-state index contributed by atoms with van der Waals surface area (Å²) in [6, 6.07) is 8.88. The monoisotopic (exact) mass is 392 g/mol. The van der Waals surface area contributed by atoms with Gasteiger partial charge in [-0.2, -0.15) is 4.39 Å². The normalized spacial score (nSPS) is 11.3. The Kier molecular flexibility index (Phi) is 4.54. The molecule has 1 aromatic carbocycles. The number of aromatic amines is 1. The van der Waals surface area contributed by atoms with Gasteiger partial charge in [-0.1, -0.05) is 35.6 Å². The number of H-pyrrole nitrogens is 1. The number of amides is 1. The van der Waals surface area contributed by atoms with Gasteiger partial charge in [-0.05, 0) is 17.7 Å². The van der Waals surface area contributed by atoms with Gasteiger partial charge in [0.2, 0.25) is 11.7 Å². The quantitative estimate of drug-likeness (QED) is 0.400. The van der Waals surface area contributed by atoms with Gasteiger partial charge in [-0.3, -0.25) is 9.59 Å². The third kappa shape index (κ3) is 3.45. The van der Waals surface area contributed by atoms with E-state index in [0.29, 0.717) is 11.2 Å². The minimum atomic E-state index is -0.529. The molecular weight excluding hydrogens is 379 g/mol. The molecule has 8 heteroatoms. The summed E-state index contributed by atoms with van der Waals surface area (Å²) in [6.07, 6.45) is 7.41. The number of hydrogen-bond acceptors (Lipinski definition) is 5. The molecule has 0 aliphatic heterocycles. The van der Waals surface area contributed by atoms with Crippen LogP contribution in [0.3, 0.4) is 0 Å². The van der Waals surface area contributed by atoms with Gasteiger partial charge in [0.15, 0.2) is 10.1 Å². The molecule has 3 N–H and O–H groups in total. The second-order valence-corrected chi connectivity index (χ2v) is 6.96. The molecule has 138 valence electrons. The smallest absolute Gasteiger partial charge is 0.241 e. The molecule has 0 atom stereocenters. The van der Waals surface area contributed by atoms with E-state index < -0.39 is 11.0 Å². The van der Waals surface area contributed by atoms with Crippen LogP contribution in [0.25, 0.3) is 28.2 Å². The lowest BCUT2D eigenvalue weighted by Gasteiger charge is -2.04. The van der Waals surface area contributed by atoms with Crippen LogP contribution in [0.2, 0.25) is 0 Å². The zero-order valence-electron chi connectivity index (χ0n) is 14.3. The predicted octanol–water partition coefficient (Wildman–Crippen LogP) is 3.56. The summed E-state index contributed by atoms with van der Waals surface area (Å²) in [5.41, 5.74) is 8.77. The van der Waals surface area contributed by atoms with Gasteiger partial charge in [0.1, 0.15) is 5.65 Å². The number of primary amides is 1. The minimum absolute atomic E-state index is 0.117. The molecule has 3 heterocycles. The molecule has 4 aromatic rings. The summed E-state index contributed by atoms with van der Waals surface area (Å²) in [5.74, 6) is -0.850. The Balaban J connectivity index is 1.65. The molecular formula is C20H13FN4O2S. The number of fused-ring (bicyclic) bond motifs is 1. The number of carbonyl (C=O) groups excluding carboxylic acids is 2. The second kappa shape index (κ2) is 7.16. The maximum Gasteiger partial charge on any atom is 0.241 e. The zero-order valence-corrected chi connectivity index (χ0v) is 15.2. The van der Waals surface area contributed by atoms with Crippen LogP contribution in [-0.2, 0) is 4.79 Å². The van der Waals surface area contributed by atoms with E-state index in [0.717, 1.165) is 39.6 Å². The highest BCUT2D eigenvalue weighted by molar-refractivity contribution is 7.12. The second-order valence-electron chi connectivity index (χ2n) is 5.98. The fourth-order valence-electron chi connectivity index (χ4n) is 2.79. The van der Waals surface area contributed by atoms with Crippen molar-refractivity contribution >= 4 is 40.1 Å². The lowest BCUT2D eigenvalue weighted by Crippen LogP contribution is -2.04. The number of aromatic nitrogens is 3. The van der Waals surface area contributed by atoms with E-state index in [4.69, 9.17) is 5.73 Å². The number of ketones is 1. The van der Waals surface area contributed by atoms with Crippen LogP contribution >= 0.6 is 11.3 Å². The highest BCUT2D eigenvalue weighted by Gasteiger charge is 2.14. The van der Waals surface area contributed by atoms with Crippen LogP contribution in [0.1, 0.15) is 20.9 Å². The van der Waals surface area contributed by atoms with E-state index in [1.165, 1.54) is 6.08 Å². The lowest BCUT2D eigenvalue weighted by molar-refractivity contribution is -0.113. The number of pyridine rings is 1. The SMILES string of the molecule is NC(=O)C=Cc1c[nH]c2ncc(-c3ccc(C(=O)c4ncc(F)s4)cc3)cc12. The number of nitrogens with two attached hydrogens (primary N) is 1. The first-order chi connectivity index (χ1) is 13.5. The van der Waals surface area contributed by atoms with Crippen molar-refractivity contribution in [3.8, 4) is 11.1 Å². The van der Waals surface area contributed by atoms with Crippen molar-refractivity contribution in [1.29, 1.82) is 0 Å². The standard InChI is InChI=1S/C20H13FN4O2S/c21-16-10-25-20(28-16)18(27)12-3-1-11(2-4-12)14-7-15-13(5-6-17(22)26)8-23-19(15)24-9-14/h1-10H,(H2,22,26)(H,23,24). The Morgan fingerprint density at radius 2 is 1.89 bits per heavy atom. The molecule has 0 saturated heterocycles. The number of thiazole rings is 1. The molecule has 0 spiro atoms. The summed E-state index contributed by atoms with van der Waals surface area (Å²) < 4.78 is 13.1. The third-order valence-electron chi connectivity index (χ3n) is 4.14. The van der Waals surface area contributed by atoms with Crippen molar-refractivity contribution < 1.29 is 14.0 Å². The summed E-state index contributed by atoms with van der Waals surface area (Å²) in [7, 11) is 0. The number of nitrogens with zero attached hydrogens (tertiary/aromatic N) is 2. The number of carbonyl (C=O) groups is 2. The van der Waals surface area contributed by atoms with Crippen molar-refractivity contribution in [2.75, 3.05) is 0 Å². The van der Waals surface area contributed by atoms with Crippen LogP contribution < -0.4 is 5.73 Å². The summed E-state index contributed by atoms with van der Waals surface area (Å²) in [5, 5.41) is 0.465. The van der Waals surface area contributed by atoms with E-state index in [9.17, 15) is 14.0 Å². The van der Waals surface area contributed by atoms with E-state index >= 15 is 0 Å². The zero-order chi connectivity index (χ0) is 19.7. The highest BCUT2D eigenvalue weighted by atomic mass is 32.1. The van der Waals surface area contributed by atoms with Crippen LogP contribution in [0.15, 0.2) is 55.0 Å². The molecule has 0 fully saturated rings. The lowest BCUT2D eigenvalue weighted by atomic mass is 10.0. The number of rotatable bonds is 5. The van der Waals surface area contributed by atoms with E-state index in [1.54, 1.807) is 42.7 Å². The van der Waals surface area contributed by atoms with Crippen molar-refractivity contribution in [2.45, 2.75) is 0 Å². The molecule has 3 aromatic heterocycles. The molecule has 0 aliphatic rings. The Labute approximate surface area is 162 Å². The molecule has 6 nitrogen and oxygen atoms in total. The van der Waals surface area contributed by atoms with E-state index in [-0.39, 0.29) is 10.8 Å². The molecule has 0 bridgehead atoms. The van der Waals surface area contributed by atoms with Crippen LogP contribution in [-0.4, -0.2) is 26.6 Å². The Bertz CT molecular complexity index is 1220. The topological polar surface area (TPSA) is 102 Å². The highest BCUT2D eigenvalue weighted by Crippen LogP contribution is 2.26. The average molecular weight is 392 g/mol. The molecule has 1 amide bonds. The van der Waals surface area contributed by atoms with Crippen LogP contribution in [0.5, 0.6) is 0 Å². The van der Waals surface area contributed by atoms with Gasteiger partial charge in [-0.25, -0.2) is 9.97 Å². The number of halogens is 1. The first-order valence-electron chi connectivity index (χ1n) is 8.22. The van der Waals surface area contributed by atoms with Crippen LogP contribution in [0.4, 0.5) is 4.39 Å². The minimum Gasteiger partial charge on any atom is -0.366 e. The molecule has 0 radical (unpaired) electrons.